The van der Waals surface area contributed by atoms with Crippen LogP contribution in [0.3, 0.4) is 0 Å². The molecule has 0 fully saturated rings. The van der Waals surface area contributed by atoms with Gasteiger partial charge >= 0.3 is 0 Å². The Bertz CT molecular complexity index is 480. The monoisotopic (exact) mass is 354 g/mol. The normalized spacial score (nSPS) is 10.3. The van der Waals surface area contributed by atoms with Gasteiger partial charge in [0.15, 0.2) is 0 Å². The third kappa shape index (κ3) is 3.54. The Balaban J connectivity index is 2.08. The summed E-state index contributed by atoms with van der Waals surface area (Å²) in [6.45, 7) is 0.849. The largest absolute Gasteiger partial charge is 0.355 e. The molecule has 0 aliphatic heterocycles. The van der Waals surface area contributed by atoms with Crippen LogP contribution in [-0.2, 0) is 6.54 Å². The zero-order chi connectivity index (χ0) is 12.3. The number of aromatic nitrogens is 1. The van der Waals surface area contributed by atoms with Gasteiger partial charge in [-0.3, -0.25) is 0 Å². The summed E-state index contributed by atoms with van der Waals surface area (Å²) in [5, 5.41) is 0. The van der Waals surface area contributed by atoms with Crippen molar-refractivity contribution in [2.45, 2.75) is 6.54 Å². The molecule has 0 unspecified atom stereocenters. The summed E-state index contributed by atoms with van der Waals surface area (Å²) in [5.74, 6) is 0.969. The van der Waals surface area contributed by atoms with Gasteiger partial charge in [-0.25, -0.2) is 4.98 Å². The van der Waals surface area contributed by atoms with Gasteiger partial charge in [0, 0.05) is 28.7 Å². The van der Waals surface area contributed by atoms with Gasteiger partial charge in [0.25, 0.3) is 0 Å². The Morgan fingerprint density at radius 3 is 2.24 bits per heavy atom. The van der Waals surface area contributed by atoms with E-state index < -0.39 is 0 Å². The van der Waals surface area contributed by atoms with Gasteiger partial charge in [-0.2, -0.15) is 0 Å². The van der Waals surface area contributed by atoms with E-state index in [-0.39, 0.29) is 0 Å². The van der Waals surface area contributed by atoms with Gasteiger partial charge in [0.1, 0.15) is 5.82 Å². The molecule has 0 spiro atoms. The zero-order valence-electron chi connectivity index (χ0n) is 9.40. The highest BCUT2D eigenvalue weighted by Crippen LogP contribution is 2.17. The molecule has 2 aromatic rings. The van der Waals surface area contributed by atoms with Gasteiger partial charge in [0.2, 0.25) is 0 Å². The molecule has 0 aliphatic carbocycles. The van der Waals surface area contributed by atoms with Crippen LogP contribution in [0.1, 0.15) is 5.56 Å². The molecule has 17 heavy (non-hydrogen) atoms. The first-order valence-electron chi connectivity index (χ1n) is 5.22. The smallest absolute Gasteiger partial charge is 0.128 e. The summed E-state index contributed by atoms with van der Waals surface area (Å²) in [4.78, 5) is 6.48. The van der Waals surface area contributed by atoms with Crippen molar-refractivity contribution in [3.8, 4) is 0 Å². The van der Waals surface area contributed by atoms with Crippen LogP contribution in [0.5, 0.6) is 0 Å². The van der Waals surface area contributed by atoms with Gasteiger partial charge in [-0.1, -0.05) is 28.1 Å². The number of hydrogen-bond acceptors (Lipinski definition) is 2. The molecule has 0 bridgehead atoms. The lowest BCUT2D eigenvalue weighted by Gasteiger charge is -2.18. The average Bonchev–Trinajstić information content (AvgIpc) is 2.33. The number of pyridine rings is 1. The fraction of sp³-hybridized carbons (Fsp3) is 0.154. The third-order valence-corrected chi connectivity index (χ3v) is 3.43. The second kappa shape index (κ2) is 5.65. The fourth-order valence-corrected chi connectivity index (χ4v) is 2.04. The van der Waals surface area contributed by atoms with E-state index >= 15 is 0 Å². The molecule has 0 N–H and O–H groups in total. The van der Waals surface area contributed by atoms with Crippen molar-refractivity contribution in [1.29, 1.82) is 0 Å². The van der Waals surface area contributed by atoms with Gasteiger partial charge in [-0.05, 0) is 45.8 Å². The molecule has 0 aliphatic rings. The standard InChI is InChI=1S/C13H12Br2N2/c1-17(13-7-6-12(15)8-16-13)9-10-2-4-11(14)5-3-10/h2-8H,9H2,1H3. The molecular formula is C13H12Br2N2. The molecule has 1 aromatic heterocycles. The molecule has 0 amide bonds. The van der Waals surface area contributed by atoms with E-state index in [4.69, 9.17) is 0 Å². The third-order valence-electron chi connectivity index (χ3n) is 2.44. The number of rotatable bonds is 3. The van der Waals surface area contributed by atoms with Crippen molar-refractivity contribution in [2.24, 2.45) is 0 Å². The molecule has 2 rings (SSSR count). The molecule has 2 nitrogen and oxygen atoms in total. The van der Waals surface area contributed by atoms with Crippen LogP contribution in [0.4, 0.5) is 5.82 Å². The van der Waals surface area contributed by atoms with Gasteiger partial charge < -0.3 is 4.90 Å². The second-order valence-corrected chi connectivity index (χ2v) is 5.65. The number of hydrogen-bond donors (Lipinski definition) is 0. The number of nitrogens with zero attached hydrogens (tertiary/aromatic N) is 2. The van der Waals surface area contributed by atoms with E-state index in [1.165, 1.54) is 5.56 Å². The summed E-state index contributed by atoms with van der Waals surface area (Å²) < 4.78 is 2.10. The van der Waals surface area contributed by atoms with E-state index in [1.54, 1.807) is 0 Å². The quantitative estimate of drug-likeness (QED) is 0.818. The molecule has 0 atom stereocenters. The molecule has 1 aromatic carbocycles. The van der Waals surface area contributed by atoms with Gasteiger partial charge in [-0.15, -0.1) is 0 Å². The van der Waals surface area contributed by atoms with Crippen molar-refractivity contribution < 1.29 is 0 Å². The van der Waals surface area contributed by atoms with Crippen molar-refractivity contribution in [3.63, 3.8) is 0 Å². The van der Waals surface area contributed by atoms with E-state index in [9.17, 15) is 0 Å². The first kappa shape index (κ1) is 12.6. The minimum Gasteiger partial charge on any atom is -0.355 e. The van der Waals surface area contributed by atoms with Crippen LogP contribution < -0.4 is 4.90 Å². The van der Waals surface area contributed by atoms with E-state index in [1.807, 2.05) is 25.4 Å². The predicted molar refractivity (Wildman–Crippen MR) is 78.2 cm³/mol. The van der Waals surface area contributed by atoms with Crippen molar-refractivity contribution in [2.75, 3.05) is 11.9 Å². The Morgan fingerprint density at radius 1 is 1.00 bits per heavy atom. The molecule has 88 valence electrons. The highest BCUT2D eigenvalue weighted by Gasteiger charge is 2.03. The number of halogens is 2. The summed E-state index contributed by atoms with van der Waals surface area (Å²) in [7, 11) is 2.04. The number of benzene rings is 1. The van der Waals surface area contributed by atoms with Crippen molar-refractivity contribution in [1.82, 2.24) is 4.98 Å². The number of anilines is 1. The summed E-state index contributed by atoms with van der Waals surface area (Å²) in [5.41, 5.74) is 1.26. The van der Waals surface area contributed by atoms with Crippen LogP contribution in [0.2, 0.25) is 0 Å². The Kier molecular flexibility index (Phi) is 4.18. The summed E-state index contributed by atoms with van der Waals surface area (Å²) >= 11 is 6.82. The lowest BCUT2D eigenvalue weighted by atomic mass is 10.2. The van der Waals surface area contributed by atoms with E-state index in [0.29, 0.717) is 0 Å². The lowest BCUT2D eigenvalue weighted by Crippen LogP contribution is -2.17. The Morgan fingerprint density at radius 2 is 1.65 bits per heavy atom. The maximum absolute atomic E-state index is 4.36. The summed E-state index contributed by atoms with van der Waals surface area (Å²) in [6, 6.07) is 12.3. The van der Waals surface area contributed by atoms with Crippen molar-refractivity contribution >= 4 is 37.7 Å². The summed E-state index contributed by atoms with van der Waals surface area (Å²) in [6.07, 6.45) is 1.81. The van der Waals surface area contributed by atoms with Crippen LogP contribution in [0, 0.1) is 0 Å². The highest BCUT2D eigenvalue weighted by atomic mass is 79.9. The lowest BCUT2D eigenvalue weighted by molar-refractivity contribution is 0.897. The predicted octanol–water partition coefficient (Wildman–Crippen LogP) is 4.24. The van der Waals surface area contributed by atoms with Crippen LogP contribution >= 0.6 is 31.9 Å². The zero-order valence-corrected chi connectivity index (χ0v) is 12.6. The van der Waals surface area contributed by atoms with Crippen LogP contribution in [-0.4, -0.2) is 12.0 Å². The Hall–Kier alpha value is -0.870. The topological polar surface area (TPSA) is 16.1 Å². The van der Waals surface area contributed by atoms with Crippen LogP contribution in [0.25, 0.3) is 0 Å². The Labute approximate surface area is 118 Å². The van der Waals surface area contributed by atoms with E-state index in [2.05, 4.69) is 66.0 Å². The molecule has 4 heteroatoms. The molecule has 1 heterocycles. The van der Waals surface area contributed by atoms with Crippen molar-refractivity contribution in [3.05, 3.63) is 57.1 Å². The molecular weight excluding hydrogens is 344 g/mol. The molecule has 0 saturated carbocycles. The second-order valence-electron chi connectivity index (χ2n) is 3.82. The van der Waals surface area contributed by atoms with Crippen LogP contribution in [0.15, 0.2) is 51.5 Å². The average molecular weight is 356 g/mol. The highest BCUT2D eigenvalue weighted by molar-refractivity contribution is 9.10. The SMILES string of the molecule is CN(Cc1ccc(Br)cc1)c1ccc(Br)cn1. The first-order chi connectivity index (χ1) is 8.15. The van der Waals surface area contributed by atoms with E-state index in [0.717, 1.165) is 21.3 Å². The maximum Gasteiger partial charge on any atom is 0.128 e. The first-order valence-corrected chi connectivity index (χ1v) is 6.81. The fourth-order valence-electron chi connectivity index (χ4n) is 1.54. The molecule has 0 radical (unpaired) electrons. The van der Waals surface area contributed by atoms with Gasteiger partial charge in [0.05, 0.1) is 0 Å². The maximum atomic E-state index is 4.36. The minimum absolute atomic E-state index is 0.849. The molecule has 0 saturated heterocycles. The minimum atomic E-state index is 0.849.